The lowest BCUT2D eigenvalue weighted by atomic mass is 10.0. The topological polar surface area (TPSA) is 135 Å². The van der Waals surface area contributed by atoms with Gasteiger partial charge in [-0.3, -0.25) is 15.2 Å². The van der Waals surface area contributed by atoms with Gasteiger partial charge in [0, 0.05) is 6.07 Å². The Kier molecular flexibility index (Phi) is 4.87. The van der Waals surface area contributed by atoms with Gasteiger partial charge in [-0.25, -0.2) is 9.78 Å². The number of nitrogens with two attached hydrogens (primary N) is 1. The number of amides is 3. The lowest BCUT2D eigenvalue weighted by molar-refractivity contribution is 0.0997. The molecule has 1 aliphatic rings. The number of nitrogens with zero attached hydrogens (tertiary/aromatic N) is 2. The highest BCUT2D eigenvalue weighted by Gasteiger charge is 2.19. The number of carbonyl (C=O) groups is 2. The number of aromatic amines is 1. The van der Waals surface area contributed by atoms with Crippen molar-refractivity contribution in [2.24, 2.45) is 5.73 Å². The van der Waals surface area contributed by atoms with E-state index in [9.17, 15) is 9.59 Å². The minimum Gasteiger partial charge on any atom is -0.479 e. The third-order valence-corrected chi connectivity index (χ3v) is 4.05. The fourth-order valence-corrected chi connectivity index (χ4v) is 2.79. The molecule has 2 aromatic rings. The molecule has 1 unspecified atom stereocenters. The number of ether oxygens (including phenoxy) is 1. The van der Waals surface area contributed by atoms with Crippen molar-refractivity contribution in [3.8, 4) is 5.88 Å². The second-order valence-corrected chi connectivity index (χ2v) is 5.88. The summed E-state index contributed by atoms with van der Waals surface area (Å²) < 4.78 is 5.10. The molecule has 0 aliphatic heterocycles. The van der Waals surface area contributed by atoms with E-state index in [4.69, 9.17) is 10.5 Å². The van der Waals surface area contributed by atoms with Crippen LogP contribution in [0.4, 0.5) is 10.6 Å². The number of methoxy groups -OCH3 is 1. The van der Waals surface area contributed by atoms with Gasteiger partial charge in [-0.15, -0.1) is 5.10 Å². The summed E-state index contributed by atoms with van der Waals surface area (Å²) in [6, 6.07) is 0.964. The summed E-state index contributed by atoms with van der Waals surface area (Å²) in [5.41, 5.74) is 6.89. The van der Waals surface area contributed by atoms with Crippen LogP contribution in [0.5, 0.6) is 5.88 Å². The number of rotatable bonds is 5. The minimum absolute atomic E-state index is 0.0330. The van der Waals surface area contributed by atoms with E-state index in [-0.39, 0.29) is 23.4 Å². The van der Waals surface area contributed by atoms with Gasteiger partial charge in [0.05, 0.1) is 24.1 Å². The largest absolute Gasteiger partial charge is 0.479 e. The highest BCUT2D eigenvalue weighted by molar-refractivity contribution is 6.07. The van der Waals surface area contributed by atoms with Crippen LogP contribution in [-0.4, -0.2) is 40.3 Å². The molecule has 0 spiro atoms. The van der Waals surface area contributed by atoms with Gasteiger partial charge in [0.15, 0.2) is 0 Å². The number of anilines is 1. The van der Waals surface area contributed by atoms with Crippen molar-refractivity contribution in [3.63, 3.8) is 0 Å². The molecule has 2 aromatic heterocycles. The van der Waals surface area contributed by atoms with E-state index in [2.05, 4.69) is 38.0 Å². The van der Waals surface area contributed by atoms with Crippen molar-refractivity contribution < 1.29 is 14.3 Å². The third kappa shape index (κ3) is 3.51. The molecular weight excluding hydrogens is 336 g/mol. The summed E-state index contributed by atoms with van der Waals surface area (Å²) in [4.78, 5) is 28.1. The van der Waals surface area contributed by atoms with Gasteiger partial charge in [-0.1, -0.05) is 18.2 Å². The fraction of sp³-hybridized carbons (Fsp3) is 0.294. The van der Waals surface area contributed by atoms with Gasteiger partial charge in [0.1, 0.15) is 11.5 Å². The molecule has 3 amide bonds. The molecular formula is C17H20N6O3. The molecule has 0 saturated carbocycles. The predicted octanol–water partition coefficient (Wildman–Crippen LogP) is 1.85. The molecule has 0 bridgehead atoms. The molecule has 0 fully saturated rings. The van der Waals surface area contributed by atoms with Crippen LogP contribution in [0.2, 0.25) is 0 Å². The van der Waals surface area contributed by atoms with E-state index in [1.165, 1.54) is 7.11 Å². The Morgan fingerprint density at radius 1 is 1.38 bits per heavy atom. The zero-order valence-electron chi connectivity index (χ0n) is 14.5. The normalized spacial score (nSPS) is 14.6. The summed E-state index contributed by atoms with van der Waals surface area (Å²) in [5.74, 6) is -0.359. The fourth-order valence-electron chi connectivity index (χ4n) is 2.79. The van der Waals surface area contributed by atoms with Crippen molar-refractivity contribution in [2.75, 3.05) is 12.4 Å². The number of allylic oxidation sites excluding steroid dienone is 2. The zero-order valence-corrected chi connectivity index (χ0v) is 14.5. The van der Waals surface area contributed by atoms with Crippen molar-refractivity contribution >= 4 is 28.7 Å². The van der Waals surface area contributed by atoms with E-state index < -0.39 is 11.9 Å². The van der Waals surface area contributed by atoms with E-state index in [1.54, 1.807) is 6.07 Å². The summed E-state index contributed by atoms with van der Waals surface area (Å²) in [7, 11) is 1.43. The molecule has 1 atom stereocenters. The number of fused-ring (bicyclic) bond motifs is 1. The Bertz CT molecular complexity index is 915. The van der Waals surface area contributed by atoms with Crippen LogP contribution >= 0.6 is 0 Å². The van der Waals surface area contributed by atoms with Gasteiger partial charge in [0.25, 0.3) is 5.91 Å². The SMILES string of the molecule is COc1n[nH]c2cc(NC(=O)NC(C)C3=CCCC=C3)nc(C(N)=O)c12. The number of urea groups is 1. The van der Waals surface area contributed by atoms with Crippen molar-refractivity contribution in [1.82, 2.24) is 20.5 Å². The standard InChI is InChI=1S/C17H20N6O3/c1-9(10-6-4-3-5-7-10)19-17(25)21-12-8-11-13(14(20-12)15(18)24)16(26-2)23-22-11/h4,6-9H,3,5H2,1-2H3,(H2,18,24)(H,22,23)(H2,19,20,21,25). The quantitative estimate of drug-likeness (QED) is 0.648. The van der Waals surface area contributed by atoms with E-state index in [0.29, 0.717) is 10.9 Å². The first-order valence-electron chi connectivity index (χ1n) is 8.16. The molecule has 5 N–H and O–H groups in total. The third-order valence-electron chi connectivity index (χ3n) is 4.05. The lowest BCUT2D eigenvalue weighted by Gasteiger charge is -2.17. The number of H-pyrrole nitrogens is 1. The van der Waals surface area contributed by atoms with Crippen LogP contribution in [0.3, 0.4) is 0 Å². The molecule has 2 heterocycles. The molecule has 0 saturated heterocycles. The monoisotopic (exact) mass is 356 g/mol. The number of pyridine rings is 1. The predicted molar refractivity (Wildman–Crippen MR) is 97.0 cm³/mol. The molecule has 136 valence electrons. The van der Waals surface area contributed by atoms with Crippen molar-refractivity contribution in [2.45, 2.75) is 25.8 Å². The molecule has 0 aromatic carbocycles. The Morgan fingerprint density at radius 3 is 2.85 bits per heavy atom. The maximum Gasteiger partial charge on any atom is 0.320 e. The smallest absolute Gasteiger partial charge is 0.320 e. The number of aromatic nitrogens is 3. The number of hydrogen-bond donors (Lipinski definition) is 4. The molecule has 26 heavy (non-hydrogen) atoms. The number of hydrogen-bond acceptors (Lipinski definition) is 5. The first kappa shape index (κ1) is 17.5. The highest BCUT2D eigenvalue weighted by atomic mass is 16.5. The van der Waals surface area contributed by atoms with Gasteiger partial charge in [-0.05, 0) is 25.3 Å². The summed E-state index contributed by atoms with van der Waals surface area (Å²) in [5, 5.41) is 12.5. The van der Waals surface area contributed by atoms with Crippen LogP contribution in [0, 0.1) is 0 Å². The van der Waals surface area contributed by atoms with Crippen LogP contribution in [0.15, 0.2) is 29.9 Å². The summed E-state index contributed by atoms with van der Waals surface area (Å²) in [6.45, 7) is 1.90. The zero-order chi connectivity index (χ0) is 18.7. The van der Waals surface area contributed by atoms with Crippen molar-refractivity contribution in [1.29, 1.82) is 0 Å². The van der Waals surface area contributed by atoms with Crippen LogP contribution in [0.1, 0.15) is 30.3 Å². The Balaban J connectivity index is 1.80. The molecule has 9 heteroatoms. The Labute approximate surface area is 149 Å². The Hall–Kier alpha value is -3.36. The van der Waals surface area contributed by atoms with Crippen LogP contribution < -0.4 is 21.1 Å². The molecule has 3 rings (SSSR count). The molecule has 1 aliphatic carbocycles. The maximum atomic E-state index is 12.3. The second-order valence-electron chi connectivity index (χ2n) is 5.88. The number of nitrogens with one attached hydrogen (secondary N) is 3. The van der Waals surface area contributed by atoms with E-state index in [0.717, 1.165) is 18.4 Å². The van der Waals surface area contributed by atoms with Gasteiger partial charge in [0.2, 0.25) is 5.88 Å². The van der Waals surface area contributed by atoms with Crippen LogP contribution in [-0.2, 0) is 0 Å². The second kappa shape index (κ2) is 7.26. The van der Waals surface area contributed by atoms with Crippen LogP contribution in [0.25, 0.3) is 10.9 Å². The van der Waals surface area contributed by atoms with E-state index >= 15 is 0 Å². The number of carbonyl (C=O) groups excluding carboxylic acids is 2. The summed E-state index contributed by atoms with van der Waals surface area (Å²) >= 11 is 0. The Morgan fingerprint density at radius 2 is 2.19 bits per heavy atom. The average molecular weight is 356 g/mol. The average Bonchev–Trinajstić information content (AvgIpc) is 3.04. The van der Waals surface area contributed by atoms with Crippen molar-refractivity contribution in [3.05, 3.63) is 35.6 Å². The first-order valence-corrected chi connectivity index (χ1v) is 8.16. The first-order chi connectivity index (χ1) is 12.5. The minimum atomic E-state index is -0.746. The highest BCUT2D eigenvalue weighted by Crippen LogP contribution is 2.27. The molecule has 0 radical (unpaired) electrons. The number of primary amides is 1. The van der Waals surface area contributed by atoms with Gasteiger partial charge < -0.3 is 15.8 Å². The lowest BCUT2D eigenvalue weighted by Crippen LogP contribution is -2.37. The summed E-state index contributed by atoms with van der Waals surface area (Å²) in [6.07, 6.45) is 8.14. The van der Waals surface area contributed by atoms with Gasteiger partial charge >= 0.3 is 6.03 Å². The maximum absolute atomic E-state index is 12.3. The molecule has 9 nitrogen and oxygen atoms in total. The van der Waals surface area contributed by atoms with E-state index in [1.807, 2.05) is 13.0 Å². The van der Waals surface area contributed by atoms with Gasteiger partial charge in [-0.2, -0.15) is 0 Å².